The van der Waals surface area contributed by atoms with Crippen molar-refractivity contribution in [3.05, 3.63) is 53.1 Å². The predicted molar refractivity (Wildman–Crippen MR) is 107 cm³/mol. The van der Waals surface area contributed by atoms with Gasteiger partial charge in [-0.25, -0.2) is 21.9 Å². The van der Waals surface area contributed by atoms with E-state index in [1.165, 1.54) is 6.07 Å². The van der Waals surface area contributed by atoms with Gasteiger partial charge >= 0.3 is 0 Å². The maximum absolute atomic E-state index is 14.1. The lowest BCUT2D eigenvalue weighted by molar-refractivity contribution is 0.102. The molecule has 0 bridgehead atoms. The van der Waals surface area contributed by atoms with E-state index in [-0.39, 0.29) is 18.0 Å². The van der Waals surface area contributed by atoms with Crippen molar-refractivity contribution in [2.45, 2.75) is 38.1 Å². The van der Waals surface area contributed by atoms with Crippen LogP contribution in [0.15, 0.2) is 35.2 Å². The van der Waals surface area contributed by atoms with Crippen LogP contribution in [0.1, 0.15) is 36.7 Å². The van der Waals surface area contributed by atoms with Gasteiger partial charge in [-0.3, -0.25) is 4.79 Å². The number of aryl methyl sites for hydroxylation is 1. The third-order valence-corrected chi connectivity index (χ3v) is 5.28. The van der Waals surface area contributed by atoms with Crippen molar-refractivity contribution in [1.29, 1.82) is 0 Å². The summed E-state index contributed by atoms with van der Waals surface area (Å²) in [4.78, 5) is 11.7. The molecule has 0 saturated carbocycles. The number of rotatable bonds is 4. The second-order valence-electron chi connectivity index (χ2n) is 7.15. The fourth-order valence-corrected chi connectivity index (χ4v) is 3.87. The zero-order valence-corrected chi connectivity index (χ0v) is 17.4. The number of carbonyl (C=O) groups is 1. The Bertz CT molecular complexity index is 1010. The number of hydrogen-bond acceptors (Lipinski definition) is 4. The van der Waals surface area contributed by atoms with Crippen molar-refractivity contribution >= 4 is 39.7 Å². The average molecular weight is 434 g/mol. The molecule has 0 radical (unpaired) electrons. The smallest absolute Gasteiger partial charge is 0.256 e. The van der Waals surface area contributed by atoms with E-state index in [0.29, 0.717) is 17.3 Å². The van der Waals surface area contributed by atoms with Crippen molar-refractivity contribution in [3.63, 3.8) is 0 Å². The van der Waals surface area contributed by atoms with Crippen LogP contribution >= 0.6 is 12.4 Å². The summed E-state index contributed by atoms with van der Waals surface area (Å²) < 4.78 is 55.3. The van der Waals surface area contributed by atoms with Gasteiger partial charge in [-0.2, -0.15) is 0 Å². The topological polar surface area (TPSA) is 101 Å². The van der Waals surface area contributed by atoms with E-state index in [4.69, 9.17) is 5.73 Å². The highest BCUT2D eigenvalue weighted by molar-refractivity contribution is 7.89. The van der Waals surface area contributed by atoms with E-state index in [1.54, 1.807) is 39.8 Å². The van der Waals surface area contributed by atoms with Crippen LogP contribution in [-0.4, -0.2) is 19.9 Å². The Hall–Kier alpha value is -2.23. The molecule has 28 heavy (non-hydrogen) atoms. The summed E-state index contributed by atoms with van der Waals surface area (Å²) in [5, 5.41) is 2.27. The summed E-state index contributed by atoms with van der Waals surface area (Å²) in [5.41, 5.74) is 5.44. The molecule has 0 saturated heterocycles. The largest absolute Gasteiger partial charge is 0.399 e. The first-order chi connectivity index (χ1) is 12.3. The molecule has 0 fully saturated rings. The number of sulfonamides is 1. The second-order valence-corrected chi connectivity index (χ2v) is 8.80. The fourth-order valence-electron chi connectivity index (χ4n) is 2.36. The third kappa shape index (κ3) is 5.63. The van der Waals surface area contributed by atoms with Crippen LogP contribution in [0.2, 0.25) is 0 Å². The molecule has 0 aliphatic heterocycles. The molecule has 6 nitrogen and oxygen atoms in total. The molecule has 0 atom stereocenters. The lowest BCUT2D eigenvalue weighted by Gasteiger charge is -2.21. The van der Waals surface area contributed by atoms with Gasteiger partial charge in [0, 0.05) is 22.9 Å². The zero-order chi connectivity index (χ0) is 20.6. The van der Waals surface area contributed by atoms with E-state index >= 15 is 0 Å². The van der Waals surface area contributed by atoms with E-state index in [0.717, 1.165) is 6.07 Å². The van der Waals surface area contributed by atoms with E-state index in [1.807, 2.05) is 0 Å². The Morgan fingerprint density at radius 2 is 1.68 bits per heavy atom. The maximum Gasteiger partial charge on any atom is 0.256 e. The number of carbonyl (C=O) groups excluding carboxylic acids is 1. The molecule has 0 unspecified atom stereocenters. The van der Waals surface area contributed by atoms with Gasteiger partial charge in [0.25, 0.3) is 5.91 Å². The monoisotopic (exact) mass is 433 g/mol. The highest BCUT2D eigenvalue weighted by Crippen LogP contribution is 2.25. The first kappa shape index (κ1) is 23.8. The number of hydrogen-bond donors (Lipinski definition) is 3. The normalized spacial score (nSPS) is 11.6. The maximum atomic E-state index is 14.1. The number of nitrogen functional groups attached to an aromatic ring is 1. The molecule has 2 aromatic rings. The van der Waals surface area contributed by atoms with Crippen molar-refractivity contribution < 1.29 is 22.0 Å². The van der Waals surface area contributed by atoms with Gasteiger partial charge in [-0.1, -0.05) is 6.07 Å². The lowest BCUT2D eigenvalue weighted by atomic mass is 10.1. The summed E-state index contributed by atoms with van der Waals surface area (Å²) in [6, 6.07) is 5.80. The summed E-state index contributed by atoms with van der Waals surface area (Å²) in [7, 11) is -4.27. The highest BCUT2D eigenvalue weighted by atomic mass is 35.5. The second kappa shape index (κ2) is 8.42. The number of benzene rings is 2. The van der Waals surface area contributed by atoms with Crippen LogP contribution in [0, 0.1) is 18.6 Å². The minimum Gasteiger partial charge on any atom is -0.399 e. The summed E-state index contributed by atoms with van der Waals surface area (Å²) in [6.07, 6.45) is 0. The first-order valence-corrected chi connectivity index (χ1v) is 9.49. The Morgan fingerprint density at radius 3 is 2.25 bits per heavy atom. The molecule has 2 rings (SSSR count). The average Bonchev–Trinajstić information content (AvgIpc) is 2.49. The number of amides is 1. The molecule has 0 aromatic heterocycles. The number of anilines is 2. The van der Waals surface area contributed by atoms with Crippen molar-refractivity contribution in [3.8, 4) is 0 Å². The fraction of sp³-hybridized carbons (Fsp3) is 0.278. The molecule has 0 aliphatic carbocycles. The number of nitrogens with one attached hydrogen (secondary N) is 2. The highest BCUT2D eigenvalue weighted by Gasteiger charge is 2.27. The quantitative estimate of drug-likeness (QED) is 0.641. The SMILES string of the molecule is Cc1ccc(N)cc1C(=O)Nc1cc(S(=O)(=O)NC(C)(C)C)c(F)cc1F.Cl. The molecule has 0 spiro atoms. The van der Waals surface area contributed by atoms with Crippen LogP contribution in [0.3, 0.4) is 0 Å². The van der Waals surface area contributed by atoms with Crippen molar-refractivity contribution in [1.82, 2.24) is 4.72 Å². The molecule has 10 heteroatoms. The molecule has 154 valence electrons. The van der Waals surface area contributed by atoms with Gasteiger partial charge in [0.15, 0.2) is 0 Å². The van der Waals surface area contributed by atoms with E-state index < -0.39 is 43.7 Å². The van der Waals surface area contributed by atoms with Gasteiger partial charge in [0.05, 0.1) is 5.69 Å². The molecule has 4 N–H and O–H groups in total. The Balaban J connectivity index is 0.00000392. The summed E-state index contributed by atoms with van der Waals surface area (Å²) in [6.45, 7) is 6.41. The van der Waals surface area contributed by atoms with Gasteiger partial charge < -0.3 is 11.1 Å². The van der Waals surface area contributed by atoms with E-state index in [9.17, 15) is 22.0 Å². The first-order valence-electron chi connectivity index (χ1n) is 8.01. The minimum absolute atomic E-state index is 0. The molecule has 2 aromatic carbocycles. The summed E-state index contributed by atoms with van der Waals surface area (Å²) >= 11 is 0. The van der Waals surface area contributed by atoms with E-state index in [2.05, 4.69) is 10.0 Å². The molecular weight excluding hydrogens is 412 g/mol. The van der Waals surface area contributed by atoms with Gasteiger partial charge in [0.2, 0.25) is 10.0 Å². The minimum atomic E-state index is -4.27. The van der Waals surface area contributed by atoms with Crippen molar-refractivity contribution in [2.75, 3.05) is 11.1 Å². The Kier molecular flexibility index (Phi) is 7.16. The zero-order valence-electron chi connectivity index (χ0n) is 15.8. The molecular formula is C18H22ClF2N3O3S. The van der Waals surface area contributed by atoms with Gasteiger partial charge in [-0.05, 0) is 51.5 Å². The number of nitrogens with two attached hydrogens (primary N) is 1. The van der Waals surface area contributed by atoms with Crippen LogP contribution in [0.25, 0.3) is 0 Å². The summed E-state index contributed by atoms with van der Waals surface area (Å²) in [5.74, 6) is -3.06. The van der Waals surface area contributed by atoms with Crippen LogP contribution in [0.5, 0.6) is 0 Å². The Morgan fingerprint density at radius 1 is 1.07 bits per heavy atom. The molecule has 0 aliphatic rings. The van der Waals surface area contributed by atoms with Crippen LogP contribution < -0.4 is 15.8 Å². The van der Waals surface area contributed by atoms with Gasteiger partial charge in [0.1, 0.15) is 16.5 Å². The molecule has 1 amide bonds. The Labute approximate surface area is 169 Å². The van der Waals surface area contributed by atoms with Crippen LogP contribution in [0.4, 0.5) is 20.2 Å². The van der Waals surface area contributed by atoms with Crippen LogP contribution in [-0.2, 0) is 10.0 Å². The number of halogens is 3. The standard InChI is InChI=1S/C18H21F2N3O3S.ClH/c1-10-5-6-11(21)7-12(10)17(24)22-15-9-16(14(20)8-13(15)19)27(25,26)23-18(2,3)4;/h5-9,23H,21H2,1-4H3,(H,22,24);1H. The molecule has 0 heterocycles. The lowest BCUT2D eigenvalue weighted by Crippen LogP contribution is -2.40. The van der Waals surface area contributed by atoms with Crippen molar-refractivity contribution in [2.24, 2.45) is 0 Å². The van der Waals surface area contributed by atoms with Gasteiger partial charge in [-0.15, -0.1) is 12.4 Å². The third-order valence-electron chi connectivity index (χ3n) is 3.51. The predicted octanol–water partition coefficient (Wildman–Crippen LogP) is 3.61.